The first-order valence-corrected chi connectivity index (χ1v) is 9.58. The zero-order valence-corrected chi connectivity index (χ0v) is 17.3. The number of nitriles is 2. The van der Waals surface area contributed by atoms with Gasteiger partial charge in [-0.15, -0.1) is 0 Å². The molecule has 0 bridgehead atoms. The molecular formula is C21H14BrFN4O3. The smallest absolute Gasteiger partial charge is 0.328 e. The van der Waals surface area contributed by atoms with Gasteiger partial charge in [-0.25, -0.2) is 9.18 Å². The summed E-state index contributed by atoms with van der Waals surface area (Å²) in [6.07, 6.45) is 1.82. The van der Waals surface area contributed by atoms with Crippen molar-refractivity contribution >= 4 is 15.9 Å². The van der Waals surface area contributed by atoms with Gasteiger partial charge in [0.25, 0.3) is 5.56 Å². The summed E-state index contributed by atoms with van der Waals surface area (Å²) in [5, 5.41) is 18.2. The molecule has 0 spiro atoms. The largest absolute Gasteiger partial charge is 0.453 e. The standard InChI is InChI=1S/C21H14BrFN4O3/c1-2-14-10-27(21(29)26-20(14)28)11-15-3-4-17(22)19(18(15)23)30-16-6-12(8-24)5-13(7-16)9-25/h3-7,10H,2,11H2,1H3,(H,26,28,29). The van der Waals surface area contributed by atoms with Crippen LogP contribution < -0.4 is 16.0 Å². The lowest BCUT2D eigenvalue weighted by Crippen LogP contribution is -2.32. The maximum atomic E-state index is 15.2. The molecule has 30 heavy (non-hydrogen) atoms. The molecule has 0 fully saturated rings. The molecule has 3 rings (SSSR count). The first-order valence-electron chi connectivity index (χ1n) is 8.79. The highest BCUT2D eigenvalue weighted by Crippen LogP contribution is 2.35. The Balaban J connectivity index is 2.02. The molecule has 9 heteroatoms. The number of nitrogens with one attached hydrogen (secondary N) is 1. The van der Waals surface area contributed by atoms with Crippen LogP contribution in [0.5, 0.6) is 11.5 Å². The lowest BCUT2D eigenvalue weighted by molar-refractivity contribution is 0.433. The fourth-order valence-electron chi connectivity index (χ4n) is 2.80. The fourth-order valence-corrected chi connectivity index (χ4v) is 3.19. The summed E-state index contributed by atoms with van der Waals surface area (Å²) in [5.74, 6) is -0.752. The van der Waals surface area contributed by atoms with Gasteiger partial charge in [-0.3, -0.25) is 14.3 Å². The SMILES string of the molecule is CCc1cn(Cc2ccc(Br)c(Oc3cc(C#N)cc(C#N)c3)c2F)c(=O)[nH]c1=O. The first kappa shape index (κ1) is 21.0. The Morgan fingerprint density at radius 2 is 1.80 bits per heavy atom. The van der Waals surface area contributed by atoms with Crippen LogP contribution in [0.25, 0.3) is 0 Å². The predicted octanol–water partition coefficient (Wildman–Crippen LogP) is 3.58. The van der Waals surface area contributed by atoms with Crippen LogP contribution >= 0.6 is 15.9 Å². The summed E-state index contributed by atoms with van der Waals surface area (Å²) in [7, 11) is 0. The highest BCUT2D eigenvalue weighted by atomic mass is 79.9. The van der Waals surface area contributed by atoms with Crippen LogP contribution in [0.1, 0.15) is 29.2 Å². The van der Waals surface area contributed by atoms with E-state index in [1.165, 1.54) is 35.0 Å². The highest BCUT2D eigenvalue weighted by Gasteiger charge is 2.17. The molecule has 0 amide bonds. The Bertz CT molecular complexity index is 1300. The first-order chi connectivity index (χ1) is 14.4. The Morgan fingerprint density at radius 3 is 2.40 bits per heavy atom. The van der Waals surface area contributed by atoms with E-state index in [0.29, 0.717) is 16.5 Å². The van der Waals surface area contributed by atoms with E-state index in [4.69, 9.17) is 15.3 Å². The van der Waals surface area contributed by atoms with Crippen LogP contribution in [0.3, 0.4) is 0 Å². The summed E-state index contributed by atoms with van der Waals surface area (Å²) >= 11 is 3.23. The Labute approximate surface area is 178 Å². The number of benzene rings is 2. The molecule has 0 aliphatic rings. The number of hydrogen-bond donors (Lipinski definition) is 1. The molecule has 0 saturated heterocycles. The second-order valence-corrected chi connectivity index (χ2v) is 7.17. The molecule has 0 aliphatic heterocycles. The van der Waals surface area contributed by atoms with Gasteiger partial charge in [-0.2, -0.15) is 10.5 Å². The van der Waals surface area contributed by atoms with Crippen LogP contribution in [-0.2, 0) is 13.0 Å². The molecule has 1 N–H and O–H groups in total. The van der Waals surface area contributed by atoms with Gasteiger partial charge in [0, 0.05) is 17.3 Å². The average molecular weight is 469 g/mol. The molecular weight excluding hydrogens is 455 g/mol. The Kier molecular flexibility index (Phi) is 6.14. The van der Waals surface area contributed by atoms with Crippen molar-refractivity contribution in [2.45, 2.75) is 19.9 Å². The number of H-pyrrole nitrogens is 1. The van der Waals surface area contributed by atoms with Crippen molar-refractivity contribution in [2.75, 3.05) is 0 Å². The third-order valence-electron chi connectivity index (χ3n) is 4.32. The maximum Gasteiger partial charge on any atom is 0.328 e. The molecule has 150 valence electrons. The predicted molar refractivity (Wildman–Crippen MR) is 110 cm³/mol. The summed E-state index contributed by atoms with van der Waals surface area (Å²) in [6.45, 7) is 1.65. The molecule has 0 saturated carbocycles. The Morgan fingerprint density at radius 1 is 1.13 bits per heavy atom. The number of halogens is 2. The average Bonchev–Trinajstić information content (AvgIpc) is 2.74. The monoisotopic (exact) mass is 468 g/mol. The van der Waals surface area contributed by atoms with Crippen LogP contribution in [0.15, 0.2) is 50.6 Å². The van der Waals surface area contributed by atoms with Crippen molar-refractivity contribution in [3.63, 3.8) is 0 Å². The normalized spacial score (nSPS) is 10.3. The minimum absolute atomic E-state index is 0.122. The highest BCUT2D eigenvalue weighted by molar-refractivity contribution is 9.10. The van der Waals surface area contributed by atoms with E-state index >= 15 is 4.39 Å². The number of ether oxygens (including phenoxy) is 1. The number of aromatic nitrogens is 2. The van der Waals surface area contributed by atoms with E-state index in [2.05, 4.69) is 20.9 Å². The van der Waals surface area contributed by atoms with E-state index in [9.17, 15) is 9.59 Å². The van der Waals surface area contributed by atoms with Gasteiger partial charge in [0.2, 0.25) is 0 Å². The summed E-state index contributed by atoms with van der Waals surface area (Å²) in [5.41, 5.74) is -0.165. The van der Waals surface area contributed by atoms with Crippen molar-refractivity contribution in [1.82, 2.24) is 9.55 Å². The molecule has 1 aromatic heterocycles. The summed E-state index contributed by atoms with van der Waals surface area (Å²) in [4.78, 5) is 26.0. The third kappa shape index (κ3) is 4.32. The number of hydrogen-bond acceptors (Lipinski definition) is 5. The van der Waals surface area contributed by atoms with E-state index in [0.717, 1.165) is 0 Å². The van der Waals surface area contributed by atoms with Gasteiger partial charge in [-0.1, -0.05) is 13.0 Å². The summed E-state index contributed by atoms with van der Waals surface area (Å²) < 4.78 is 22.3. The molecule has 0 atom stereocenters. The molecule has 3 aromatic rings. The second kappa shape index (κ2) is 8.76. The van der Waals surface area contributed by atoms with Crippen molar-refractivity contribution in [1.29, 1.82) is 10.5 Å². The second-order valence-electron chi connectivity index (χ2n) is 6.32. The number of aryl methyl sites for hydroxylation is 1. The van der Waals surface area contributed by atoms with Crippen LogP contribution in [-0.4, -0.2) is 9.55 Å². The van der Waals surface area contributed by atoms with Crippen LogP contribution in [0.2, 0.25) is 0 Å². The minimum atomic E-state index is -0.721. The minimum Gasteiger partial charge on any atom is -0.453 e. The zero-order chi connectivity index (χ0) is 21.8. The van der Waals surface area contributed by atoms with Crippen molar-refractivity contribution in [3.8, 4) is 23.6 Å². The molecule has 7 nitrogen and oxygen atoms in total. The quantitative estimate of drug-likeness (QED) is 0.614. The molecule has 0 unspecified atom stereocenters. The van der Waals surface area contributed by atoms with Gasteiger partial charge in [0.05, 0.1) is 34.3 Å². The molecule has 2 aromatic carbocycles. The lowest BCUT2D eigenvalue weighted by Gasteiger charge is -2.13. The van der Waals surface area contributed by atoms with E-state index < -0.39 is 17.1 Å². The van der Waals surface area contributed by atoms with Gasteiger partial charge in [0.1, 0.15) is 5.75 Å². The number of aromatic amines is 1. The van der Waals surface area contributed by atoms with Crippen molar-refractivity contribution < 1.29 is 9.13 Å². The maximum absolute atomic E-state index is 15.2. The number of rotatable bonds is 5. The summed E-state index contributed by atoms with van der Waals surface area (Å²) in [6, 6.07) is 11.1. The van der Waals surface area contributed by atoms with Gasteiger partial charge in [-0.05, 0) is 46.6 Å². The van der Waals surface area contributed by atoms with Crippen molar-refractivity contribution in [2.24, 2.45) is 0 Å². The zero-order valence-electron chi connectivity index (χ0n) is 15.7. The topological polar surface area (TPSA) is 112 Å². The molecule has 0 radical (unpaired) electrons. The van der Waals surface area contributed by atoms with E-state index in [1.807, 2.05) is 12.1 Å². The van der Waals surface area contributed by atoms with E-state index in [1.54, 1.807) is 13.0 Å². The van der Waals surface area contributed by atoms with Crippen LogP contribution in [0, 0.1) is 28.5 Å². The Hall–Kier alpha value is -3.69. The van der Waals surface area contributed by atoms with Crippen molar-refractivity contribution in [3.05, 3.63) is 89.9 Å². The lowest BCUT2D eigenvalue weighted by atomic mass is 10.1. The van der Waals surface area contributed by atoms with Gasteiger partial charge in [0.15, 0.2) is 11.6 Å². The number of nitrogens with zero attached hydrogens (tertiary/aromatic N) is 3. The fraction of sp³-hybridized carbons (Fsp3) is 0.143. The third-order valence-corrected chi connectivity index (χ3v) is 4.94. The van der Waals surface area contributed by atoms with Crippen LogP contribution in [0.4, 0.5) is 4.39 Å². The molecule has 1 heterocycles. The molecule has 0 aliphatic carbocycles. The van der Waals surface area contributed by atoms with Gasteiger partial charge < -0.3 is 4.74 Å². The van der Waals surface area contributed by atoms with E-state index in [-0.39, 0.29) is 34.7 Å². The van der Waals surface area contributed by atoms with Gasteiger partial charge >= 0.3 is 5.69 Å².